The second kappa shape index (κ2) is 6.93. The van der Waals surface area contributed by atoms with Gasteiger partial charge in [0.25, 0.3) is 5.91 Å². The summed E-state index contributed by atoms with van der Waals surface area (Å²) < 4.78 is 25.2. The lowest BCUT2D eigenvalue weighted by molar-refractivity contribution is 0.0785. The number of carbonyl (C=O) groups excluding carboxylic acids is 1. The number of hydrogen-bond donors (Lipinski definition) is 0. The third kappa shape index (κ3) is 3.97. The van der Waals surface area contributed by atoms with Crippen molar-refractivity contribution in [3.8, 4) is 0 Å². The van der Waals surface area contributed by atoms with Crippen molar-refractivity contribution in [2.75, 3.05) is 21.1 Å². The predicted molar refractivity (Wildman–Crippen MR) is 89.6 cm³/mol. The number of hydrogen-bond acceptors (Lipinski definition) is 3. The molecule has 0 N–H and O–H groups in total. The van der Waals surface area contributed by atoms with Gasteiger partial charge in [-0.15, -0.1) is 0 Å². The molecule has 0 saturated heterocycles. The number of sulfonamides is 1. The molecule has 1 amide bonds. The van der Waals surface area contributed by atoms with Crippen LogP contribution in [0.25, 0.3) is 0 Å². The fraction of sp³-hybridized carbons (Fsp3) is 0.235. The normalized spacial score (nSPS) is 11.5. The maximum Gasteiger partial charge on any atom is 0.253 e. The minimum Gasteiger partial charge on any atom is -0.337 e. The fourth-order valence-corrected chi connectivity index (χ4v) is 3.03. The third-order valence-corrected chi connectivity index (χ3v) is 5.32. The van der Waals surface area contributed by atoms with Crippen molar-refractivity contribution in [1.82, 2.24) is 9.21 Å². The molecule has 0 aliphatic carbocycles. The Hall–Kier alpha value is -2.18. The summed E-state index contributed by atoms with van der Waals surface area (Å²) in [5.74, 6) is -0.150. The van der Waals surface area contributed by atoms with Gasteiger partial charge < -0.3 is 4.90 Å². The molecule has 122 valence electrons. The first kappa shape index (κ1) is 17.2. The van der Waals surface area contributed by atoms with Crippen LogP contribution in [0, 0.1) is 0 Å². The van der Waals surface area contributed by atoms with E-state index in [1.807, 2.05) is 30.3 Å². The summed E-state index contributed by atoms with van der Waals surface area (Å²) in [6.45, 7) is 0.497. The lowest BCUT2D eigenvalue weighted by Gasteiger charge is -2.18. The molecule has 2 rings (SSSR count). The zero-order valence-electron chi connectivity index (χ0n) is 13.4. The lowest BCUT2D eigenvalue weighted by atomic mass is 10.1. The second-order valence-electron chi connectivity index (χ2n) is 5.46. The largest absolute Gasteiger partial charge is 0.337 e. The van der Waals surface area contributed by atoms with Crippen molar-refractivity contribution in [3.05, 3.63) is 65.7 Å². The summed E-state index contributed by atoms with van der Waals surface area (Å²) in [5, 5.41) is 0. The van der Waals surface area contributed by atoms with E-state index in [2.05, 4.69) is 0 Å². The van der Waals surface area contributed by atoms with Crippen LogP contribution in [0.2, 0.25) is 0 Å². The molecular weight excluding hydrogens is 312 g/mol. The van der Waals surface area contributed by atoms with Gasteiger partial charge in [0.15, 0.2) is 0 Å². The molecular formula is C17H20N2O3S. The molecule has 0 unspecified atom stereocenters. The molecule has 0 heterocycles. The van der Waals surface area contributed by atoms with Crippen molar-refractivity contribution >= 4 is 15.9 Å². The van der Waals surface area contributed by atoms with Gasteiger partial charge in [0, 0.05) is 33.3 Å². The molecule has 0 saturated carbocycles. The van der Waals surface area contributed by atoms with Crippen molar-refractivity contribution in [3.63, 3.8) is 0 Å². The highest BCUT2D eigenvalue weighted by Crippen LogP contribution is 2.15. The Kier molecular flexibility index (Phi) is 5.18. The smallest absolute Gasteiger partial charge is 0.253 e. The Morgan fingerprint density at radius 1 is 0.913 bits per heavy atom. The van der Waals surface area contributed by atoms with Crippen LogP contribution >= 0.6 is 0 Å². The van der Waals surface area contributed by atoms with E-state index in [0.717, 1.165) is 9.87 Å². The maximum absolute atomic E-state index is 12.4. The standard InChI is InChI=1S/C17H20N2O3S/c1-18(2)23(21,22)16-11-9-15(10-12-16)17(20)19(3)13-14-7-5-4-6-8-14/h4-12H,13H2,1-3H3. The van der Waals surface area contributed by atoms with Gasteiger partial charge in [-0.05, 0) is 29.8 Å². The van der Waals surface area contributed by atoms with E-state index in [1.54, 1.807) is 24.1 Å². The first-order valence-electron chi connectivity index (χ1n) is 7.14. The van der Waals surface area contributed by atoms with E-state index in [0.29, 0.717) is 12.1 Å². The monoisotopic (exact) mass is 332 g/mol. The first-order chi connectivity index (χ1) is 10.8. The highest BCUT2D eigenvalue weighted by molar-refractivity contribution is 7.89. The van der Waals surface area contributed by atoms with Crippen molar-refractivity contribution in [2.45, 2.75) is 11.4 Å². The minimum atomic E-state index is -3.48. The molecule has 0 bridgehead atoms. The highest BCUT2D eigenvalue weighted by atomic mass is 32.2. The van der Waals surface area contributed by atoms with Gasteiger partial charge in [-0.2, -0.15) is 0 Å². The summed E-state index contributed by atoms with van der Waals surface area (Å²) in [5.41, 5.74) is 1.50. The van der Waals surface area contributed by atoms with Crippen LogP contribution in [0.1, 0.15) is 15.9 Å². The quantitative estimate of drug-likeness (QED) is 0.843. The van der Waals surface area contributed by atoms with E-state index in [4.69, 9.17) is 0 Å². The Bertz CT molecular complexity index is 769. The second-order valence-corrected chi connectivity index (χ2v) is 7.61. The number of benzene rings is 2. The average Bonchev–Trinajstić information content (AvgIpc) is 2.55. The molecule has 6 heteroatoms. The minimum absolute atomic E-state index is 0.150. The molecule has 0 aliphatic heterocycles. The Morgan fingerprint density at radius 2 is 1.48 bits per heavy atom. The van der Waals surface area contributed by atoms with Crippen LogP contribution in [0.15, 0.2) is 59.5 Å². The van der Waals surface area contributed by atoms with Crippen molar-refractivity contribution in [2.24, 2.45) is 0 Å². The first-order valence-corrected chi connectivity index (χ1v) is 8.58. The molecule has 0 aromatic heterocycles. The van der Waals surface area contributed by atoms with Crippen LogP contribution in [0.5, 0.6) is 0 Å². The van der Waals surface area contributed by atoms with Crippen molar-refractivity contribution < 1.29 is 13.2 Å². The molecule has 0 fully saturated rings. The Balaban J connectivity index is 2.14. The van der Waals surface area contributed by atoms with Crippen LogP contribution in [-0.4, -0.2) is 44.7 Å². The molecule has 0 aliphatic rings. The Morgan fingerprint density at radius 3 is 2.00 bits per heavy atom. The third-order valence-electron chi connectivity index (χ3n) is 3.49. The average molecular weight is 332 g/mol. The molecule has 2 aromatic rings. The summed E-state index contributed by atoms with van der Waals surface area (Å²) in [6.07, 6.45) is 0. The van der Waals surface area contributed by atoms with Crippen LogP contribution < -0.4 is 0 Å². The highest BCUT2D eigenvalue weighted by Gasteiger charge is 2.18. The van der Waals surface area contributed by atoms with E-state index < -0.39 is 10.0 Å². The molecule has 0 atom stereocenters. The van der Waals surface area contributed by atoms with E-state index in [-0.39, 0.29) is 10.8 Å². The van der Waals surface area contributed by atoms with E-state index >= 15 is 0 Å². The maximum atomic E-state index is 12.4. The lowest BCUT2D eigenvalue weighted by Crippen LogP contribution is -2.26. The number of rotatable bonds is 5. The van der Waals surface area contributed by atoms with Gasteiger partial charge in [-0.1, -0.05) is 30.3 Å². The summed E-state index contributed by atoms with van der Waals surface area (Å²) >= 11 is 0. The number of carbonyl (C=O) groups is 1. The summed E-state index contributed by atoms with van der Waals surface area (Å²) in [6, 6.07) is 15.7. The van der Waals surface area contributed by atoms with E-state index in [9.17, 15) is 13.2 Å². The van der Waals surface area contributed by atoms with Crippen LogP contribution in [0.4, 0.5) is 0 Å². The molecule has 5 nitrogen and oxygen atoms in total. The van der Waals surface area contributed by atoms with Gasteiger partial charge in [-0.3, -0.25) is 4.79 Å². The SMILES string of the molecule is CN(Cc1ccccc1)C(=O)c1ccc(S(=O)(=O)N(C)C)cc1. The number of nitrogens with zero attached hydrogens (tertiary/aromatic N) is 2. The summed E-state index contributed by atoms with van der Waals surface area (Å²) in [7, 11) is 1.19. The van der Waals surface area contributed by atoms with Gasteiger partial charge in [0.1, 0.15) is 0 Å². The molecule has 2 aromatic carbocycles. The number of amides is 1. The van der Waals surface area contributed by atoms with E-state index in [1.165, 1.54) is 26.2 Å². The molecule has 23 heavy (non-hydrogen) atoms. The summed E-state index contributed by atoms with van der Waals surface area (Å²) in [4.78, 5) is 14.2. The van der Waals surface area contributed by atoms with Gasteiger partial charge in [0.05, 0.1) is 4.90 Å². The fourth-order valence-electron chi connectivity index (χ4n) is 2.13. The van der Waals surface area contributed by atoms with Crippen molar-refractivity contribution in [1.29, 1.82) is 0 Å². The van der Waals surface area contributed by atoms with Gasteiger partial charge in [-0.25, -0.2) is 12.7 Å². The van der Waals surface area contributed by atoms with Gasteiger partial charge >= 0.3 is 0 Å². The van der Waals surface area contributed by atoms with Gasteiger partial charge in [0.2, 0.25) is 10.0 Å². The van der Waals surface area contributed by atoms with Crippen LogP contribution in [0.3, 0.4) is 0 Å². The predicted octanol–water partition coefficient (Wildman–Crippen LogP) is 2.21. The Labute approximate surface area is 137 Å². The zero-order chi connectivity index (χ0) is 17.0. The van der Waals surface area contributed by atoms with Crippen LogP contribution in [-0.2, 0) is 16.6 Å². The molecule has 0 radical (unpaired) electrons. The topological polar surface area (TPSA) is 57.7 Å². The zero-order valence-corrected chi connectivity index (χ0v) is 14.2. The molecule has 0 spiro atoms.